The molecule has 0 N–H and O–H groups in total. The van der Waals surface area contributed by atoms with Crippen LogP contribution in [0.25, 0.3) is 0 Å². The lowest BCUT2D eigenvalue weighted by atomic mass is 10.1. The van der Waals surface area contributed by atoms with E-state index in [2.05, 4.69) is 0 Å². The molecule has 4 nitrogen and oxygen atoms in total. The Morgan fingerprint density at radius 1 is 1.20 bits per heavy atom. The van der Waals surface area contributed by atoms with Gasteiger partial charge in [0.15, 0.2) is 9.84 Å². The Morgan fingerprint density at radius 3 is 2.52 bits per heavy atom. The van der Waals surface area contributed by atoms with E-state index >= 15 is 0 Å². The number of sulfone groups is 1. The van der Waals surface area contributed by atoms with Crippen molar-refractivity contribution >= 4 is 27.3 Å². The van der Waals surface area contributed by atoms with Crippen LogP contribution < -0.4 is 0 Å². The van der Waals surface area contributed by atoms with Gasteiger partial charge >= 0.3 is 0 Å². The third kappa shape index (κ3) is 4.38. The van der Waals surface area contributed by atoms with Gasteiger partial charge in [-0.15, -0.1) is 0 Å². The number of benzene rings is 2. The molecule has 0 aliphatic carbocycles. The van der Waals surface area contributed by atoms with E-state index in [0.717, 1.165) is 0 Å². The maximum absolute atomic E-state index is 13.5. The van der Waals surface area contributed by atoms with Gasteiger partial charge in [0.25, 0.3) is 5.91 Å². The van der Waals surface area contributed by atoms with Crippen molar-refractivity contribution in [1.29, 1.82) is 0 Å². The number of nitrogens with zero attached hydrogens (tertiary/aromatic N) is 1. The minimum absolute atomic E-state index is 0.0607. The van der Waals surface area contributed by atoms with Gasteiger partial charge in [0.05, 0.1) is 11.5 Å². The van der Waals surface area contributed by atoms with Crippen LogP contribution in [0, 0.1) is 5.82 Å². The summed E-state index contributed by atoms with van der Waals surface area (Å²) in [7, 11) is -3.15. The van der Waals surface area contributed by atoms with Gasteiger partial charge in [-0.3, -0.25) is 4.79 Å². The number of halogens is 2. The Kier molecular flexibility index (Phi) is 5.11. The Balaban J connectivity index is 1.91. The molecule has 25 heavy (non-hydrogen) atoms. The number of hydrogen-bond donors (Lipinski definition) is 0. The highest BCUT2D eigenvalue weighted by Crippen LogP contribution is 2.23. The molecule has 0 aromatic heterocycles. The fraction of sp³-hybridized carbons (Fsp3) is 0.278. The molecule has 1 fully saturated rings. The second kappa shape index (κ2) is 7.14. The molecule has 1 aliphatic rings. The van der Waals surface area contributed by atoms with E-state index in [9.17, 15) is 17.6 Å². The number of rotatable bonds is 4. The first-order valence-electron chi connectivity index (χ1n) is 7.85. The van der Waals surface area contributed by atoms with Crippen LogP contribution in [0.4, 0.5) is 4.39 Å². The lowest BCUT2D eigenvalue weighted by Crippen LogP contribution is -2.40. The van der Waals surface area contributed by atoms with Crippen LogP contribution in [0.1, 0.15) is 22.3 Å². The topological polar surface area (TPSA) is 54.5 Å². The Morgan fingerprint density at radius 2 is 1.92 bits per heavy atom. The zero-order valence-corrected chi connectivity index (χ0v) is 14.9. The predicted octanol–water partition coefficient (Wildman–Crippen LogP) is 3.31. The third-order valence-corrected chi connectivity index (χ3v) is 6.25. The van der Waals surface area contributed by atoms with E-state index in [1.165, 1.54) is 17.0 Å². The van der Waals surface area contributed by atoms with E-state index in [1.54, 1.807) is 36.4 Å². The lowest BCUT2D eigenvalue weighted by molar-refractivity contribution is 0.0680. The number of amides is 1. The van der Waals surface area contributed by atoms with Crippen LogP contribution in [-0.4, -0.2) is 36.8 Å². The SMILES string of the molecule is O=C(c1ccc(Cl)cc1)N(Cc1cccc(F)c1)[C@@H]1CCS(=O)(=O)C1. The highest BCUT2D eigenvalue weighted by molar-refractivity contribution is 7.91. The molecule has 1 aliphatic heterocycles. The van der Waals surface area contributed by atoms with E-state index in [-0.39, 0.29) is 24.0 Å². The van der Waals surface area contributed by atoms with Crippen molar-refractivity contribution in [3.05, 3.63) is 70.5 Å². The Hall–Kier alpha value is -1.92. The van der Waals surface area contributed by atoms with E-state index in [4.69, 9.17) is 11.6 Å². The van der Waals surface area contributed by atoms with Crippen LogP contribution in [-0.2, 0) is 16.4 Å². The molecule has 0 bridgehead atoms. The molecule has 0 radical (unpaired) electrons. The smallest absolute Gasteiger partial charge is 0.254 e. The predicted molar refractivity (Wildman–Crippen MR) is 94.8 cm³/mol. The normalized spacial score (nSPS) is 18.9. The van der Waals surface area contributed by atoms with Gasteiger partial charge in [-0.25, -0.2) is 12.8 Å². The van der Waals surface area contributed by atoms with E-state index in [0.29, 0.717) is 22.6 Å². The summed E-state index contributed by atoms with van der Waals surface area (Å²) >= 11 is 5.86. The number of carbonyl (C=O) groups excluding carboxylic acids is 1. The fourth-order valence-corrected chi connectivity index (χ4v) is 4.83. The van der Waals surface area contributed by atoms with Crippen LogP contribution >= 0.6 is 11.6 Å². The van der Waals surface area contributed by atoms with E-state index < -0.39 is 21.7 Å². The zero-order valence-electron chi connectivity index (χ0n) is 13.4. The average Bonchev–Trinajstić information content (AvgIpc) is 2.92. The van der Waals surface area contributed by atoms with Crippen molar-refractivity contribution < 1.29 is 17.6 Å². The molecular weight excluding hydrogens is 365 g/mol. The summed E-state index contributed by atoms with van der Waals surface area (Å²) in [6.07, 6.45) is 0.386. The lowest BCUT2D eigenvalue weighted by Gasteiger charge is -2.28. The van der Waals surface area contributed by atoms with Gasteiger partial charge < -0.3 is 4.90 Å². The summed E-state index contributed by atoms with van der Waals surface area (Å²) in [5.74, 6) is -0.689. The molecule has 0 saturated carbocycles. The van der Waals surface area contributed by atoms with Gasteiger partial charge in [-0.1, -0.05) is 23.7 Å². The van der Waals surface area contributed by atoms with Crippen molar-refractivity contribution in [3.63, 3.8) is 0 Å². The molecule has 7 heteroatoms. The van der Waals surface area contributed by atoms with E-state index in [1.807, 2.05) is 0 Å². The minimum atomic E-state index is -3.15. The first kappa shape index (κ1) is 17.9. The van der Waals surface area contributed by atoms with Crippen LogP contribution in [0.5, 0.6) is 0 Å². The highest BCUT2D eigenvalue weighted by atomic mass is 35.5. The summed E-state index contributed by atoms with van der Waals surface area (Å²) < 4.78 is 37.2. The average molecular weight is 382 g/mol. The highest BCUT2D eigenvalue weighted by Gasteiger charge is 2.35. The maximum Gasteiger partial charge on any atom is 0.254 e. The molecule has 1 atom stereocenters. The number of carbonyl (C=O) groups is 1. The van der Waals surface area contributed by atoms with Gasteiger partial charge in [0.1, 0.15) is 5.82 Å². The van der Waals surface area contributed by atoms with Gasteiger partial charge in [0, 0.05) is 23.2 Å². The second-order valence-corrected chi connectivity index (χ2v) is 8.79. The summed E-state index contributed by atoms with van der Waals surface area (Å²) in [5, 5.41) is 0.511. The van der Waals surface area contributed by atoms with Crippen molar-refractivity contribution in [2.24, 2.45) is 0 Å². The molecule has 132 valence electrons. The molecule has 3 rings (SSSR count). The molecule has 0 spiro atoms. The first-order chi connectivity index (χ1) is 11.8. The Bertz CT molecular complexity index is 883. The van der Waals surface area contributed by atoms with Gasteiger partial charge in [0.2, 0.25) is 0 Å². The molecule has 2 aromatic carbocycles. The summed E-state index contributed by atoms with van der Waals surface area (Å²) in [6, 6.07) is 12.0. The molecular formula is C18H17ClFNO3S. The molecule has 0 unspecified atom stereocenters. The fourth-order valence-electron chi connectivity index (χ4n) is 2.98. The largest absolute Gasteiger partial charge is 0.330 e. The summed E-state index contributed by atoms with van der Waals surface area (Å²) in [4.78, 5) is 14.5. The monoisotopic (exact) mass is 381 g/mol. The first-order valence-corrected chi connectivity index (χ1v) is 10.1. The minimum Gasteiger partial charge on any atom is -0.330 e. The van der Waals surface area contributed by atoms with Gasteiger partial charge in [-0.2, -0.15) is 0 Å². The van der Waals surface area contributed by atoms with Crippen LogP contribution in [0.3, 0.4) is 0 Å². The standard InChI is InChI=1S/C18H17ClFNO3S/c19-15-6-4-14(5-7-15)18(22)21(17-8-9-25(23,24)12-17)11-13-2-1-3-16(20)10-13/h1-7,10,17H,8-9,11-12H2/t17-/m1/s1. The maximum atomic E-state index is 13.5. The molecule has 1 saturated heterocycles. The quantitative estimate of drug-likeness (QED) is 0.816. The third-order valence-electron chi connectivity index (χ3n) is 4.24. The Labute approximate surface area is 151 Å². The summed E-state index contributed by atoms with van der Waals surface area (Å²) in [6.45, 7) is 0.152. The second-order valence-electron chi connectivity index (χ2n) is 6.13. The van der Waals surface area contributed by atoms with Crippen molar-refractivity contribution in [2.45, 2.75) is 19.0 Å². The number of hydrogen-bond acceptors (Lipinski definition) is 3. The summed E-state index contributed by atoms with van der Waals surface area (Å²) in [5.41, 5.74) is 1.04. The van der Waals surface area contributed by atoms with Crippen LogP contribution in [0.2, 0.25) is 5.02 Å². The van der Waals surface area contributed by atoms with Crippen molar-refractivity contribution in [2.75, 3.05) is 11.5 Å². The van der Waals surface area contributed by atoms with Gasteiger partial charge in [-0.05, 0) is 48.4 Å². The molecule has 2 aromatic rings. The van der Waals surface area contributed by atoms with Crippen LogP contribution in [0.15, 0.2) is 48.5 Å². The zero-order chi connectivity index (χ0) is 18.0. The van der Waals surface area contributed by atoms with Crippen molar-refractivity contribution in [3.8, 4) is 0 Å². The molecule has 1 amide bonds. The molecule has 1 heterocycles. The van der Waals surface area contributed by atoms with Crippen molar-refractivity contribution in [1.82, 2.24) is 4.90 Å².